The number of carbonyl (C=O) groups is 2. The molecule has 1 saturated heterocycles. The quantitative estimate of drug-likeness (QED) is 0.326. The molecule has 1 unspecified atom stereocenters. The Kier molecular flexibility index (Phi) is 6.20. The van der Waals surface area contributed by atoms with Crippen LogP contribution < -0.4 is 9.64 Å². The van der Waals surface area contributed by atoms with Gasteiger partial charge in [-0.05, 0) is 79.9 Å². The van der Waals surface area contributed by atoms with Gasteiger partial charge in [0.05, 0.1) is 29.9 Å². The lowest BCUT2D eigenvalue weighted by Gasteiger charge is -2.26. The van der Waals surface area contributed by atoms with E-state index in [1.807, 2.05) is 45.0 Å². The Morgan fingerprint density at radius 3 is 2.35 bits per heavy atom. The van der Waals surface area contributed by atoms with Gasteiger partial charge in [-0.15, -0.1) is 0 Å². The number of aliphatic hydroxyl groups excluding tert-OH is 1. The van der Waals surface area contributed by atoms with Crippen molar-refractivity contribution < 1.29 is 19.4 Å². The number of ketones is 1. The Hall–Kier alpha value is -4.37. The van der Waals surface area contributed by atoms with E-state index in [-0.39, 0.29) is 11.3 Å². The van der Waals surface area contributed by atoms with Crippen molar-refractivity contribution in [2.45, 2.75) is 26.8 Å². The molecular formula is C28H24N2O4. The van der Waals surface area contributed by atoms with Crippen LogP contribution in [0, 0.1) is 25.2 Å². The first-order chi connectivity index (χ1) is 16.4. The van der Waals surface area contributed by atoms with Gasteiger partial charge in [-0.3, -0.25) is 14.5 Å². The second-order valence-corrected chi connectivity index (χ2v) is 8.10. The standard InChI is InChI=1S/C28H24N2O4/c1-4-34-23-14-11-20(15-18(23)3)26(31)24-25(22-8-6-5-7-17(22)2)30(28(33)27(24)32)21-12-9-19(16-29)10-13-21/h5-15,25,31H,4H2,1-3H3/b26-24+. The first-order valence-electron chi connectivity index (χ1n) is 11.0. The molecule has 0 bridgehead atoms. The molecule has 6 heteroatoms. The predicted molar refractivity (Wildman–Crippen MR) is 129 cm³/mol. The fourth-order valence-electron chi connectivity index (χ4n) is 4.25. The van der Waals surface area contributed by atoms with Crippen LogP contribution in [0.25, 0.3) is 5.76 Å². The number of nitrogens with zero attached hydrogens (tertiary/aromatic N) is 2. The van der Waals surface area contributed by atoms with Gasteiger partial charge in [0.15, 0.2) is 0 Å². The van der Waals surface area contributed by atoms with Crippen LogP contribution in [0.15, 0.2) is 72.3 Å². The number of amides is 1. The van der Waals surface area contributed by atoms with E-state index in [1.165, 1.54) is 4.90 Å². The number of benzene rings is 3. The number of aryl methyl sites for hydroxylation is 2. The zero-order valence-corrected chi connectivity index (χ0v) is 19.2. The zero-order chi connectivity index (χ0) is 24.4. The van der Waals surface area contributed by atoms with Gasteiger partial charge >= 0.3 is 0 Å². The lowest BCUT2D eigenvalue weighted by atomic mass is 9.92. The van der Waals surface area contributed by atoms with E-state index in [0.29, 0.717) is 29.2 Å². The maximum Gasteiger partial charge on any atom is 0.300 e. The highest BCUT2D eigenvalue weighted by molar-refractivity contribution is 6.51. The topological polar surface area (TPSA) is 90.6 Å². The van der Waals surface area contributed by atoms with Crippen LogP contribution in [0.5, 0.6) is 5.75 Å². The van der Waals surface area contributed by atoms with E-state index < -0.39 is 17.7 Å². The van der Waals surface area contributed by atoms with Crippen LogP contribution in [0.4, 0.5) is 5.69 Å². The molecule has 1 atom stereocenters. The molecule has 3 aromatic rings. The molecule has 0 radical (unpaired) electrons. The molecule has 0 aromatic heterocycles. The van der Waals surface area contributed by atoms with Gasteiger partial charge in [0.2, 0.25) is 0 Å². The molecule has 1 fully saturated rings. The fourth-order valence-corrected chi connectivity index (χ4v) is 4.25. The summed E-state index contributed by atoms with van der Waals surface area (Å²) in [6, 6.07) is 20.3. The number of nitriles is 1. The van der Waals surface area contributed by atoms with Crippen molar-refractivity contribution in [2.24, 2.45) is 0 Å². The molecule has 1 aliphatic heterocycles. The number of rotatable bonds is 5. The Labute approximate surface area is 198 Å². The summed E-state index contributed by atoms with van der Waals surface area (Å²) in [6.45, 7) is 6.15. The van der Waals surface area contributed by atoms with E-state index >= 15 is 0 Å². The van der Waals surface area contributed by atoms with E-state index in [1.54, 1.807) is 42.5 Å². The van der Waals surface area contributed by atoms with Crippen LogP contribution >= 0.6 is 0 Å². The third-order valence-electron chi connectivity index (χ3n) is 5.95. The first-order valence-corrected chi connectivity index (χ1v) is 11.0. The molecule has 0 spiro atoms. The highest BCUT2D eigenvalue weighted by Crippen LogP contribution is 2.43. The minimum atomic E-state index is -0.819. The molecule has 1 amide bonds. The Morgan fingerprint density at radius 2 is 1.74 bits per heavy atom. The number of hydrogen-bond acceptors (Lipinski definition) is 5. The molecule has 3 aromatic carbocycles. The summed E-state index contributed by atoms with van der Waals surface area (Å²) in [5, 5.41) is 20.5. The number of aliphatic hydroxyl groups is 1. The number of ether oxygens (including phenoxy) is 1. The van der Waals surface area contributed by atoms with Crippen molar-refractivity contribution >= 4 is 23.1 Å². The van der Waals surface area contributed by atoms with Gasteiger partial charge in [-0.1, -0.05) is 24.3 Å². The van der Waals surface area contributed by atoms with Gasteiger partial charge in [-0.2, -0.15) is 5.26 Å². The largest absolute Gasteiger partial charge is 0.507 e. The molecule has 0 saturated carbocycles. The summed E-state index contributed by atoms with van der Waals surface area (Å²) < 4.78 is 5.59. The average molecular weight is 453 g/mol. The van der Waals surface area contributed by atoms with E-state index in [4.69, 9.17) is 10.00 Å². The molecule has 34 heavy (non-hydrogen) atoms. The smallest absolute Gasteiger partial charge is 0.300 e. The highest BCUT2D eigenvalue weighted by atomic mass is 16.5. The van der Waals surface area contributed by atoms with E-state index in [0.717, 1.165) is 16.7 Å². The average Bonchev–Trinajstić information content (AvgIpc) is 3.10. The SMILES string of the molecule is CCOc1ccc(/C(O)=C2\C(=O)C(=O)N(c3ccc(C#N)cc3)C2c2ccccc2C)cc1C. The van der Waals surface area contributed by atoms with Crippen molar-refractivity contribution in [2.75, 3.05) is 11.5 Å². The van der Waals surface area contributed by atoms with Crippen molar-refractivity contribution in [1.29, 1.82) is 5.26 Å². The monoisotopic (exact) mass is 452 g/mol. The molecule has 1 heterocycles. The fraction of sp³-hybridized carbons (Fsp3) is 0.179. The summed E-state index contributed by atoms with van der Waals surface area (Å²) in [4.78, 5) is 27.9. The van der Waals surface area contributed by atoms with Gasteiger partial charge in [0.1, 0.15) is 11.5 Å². The summed E-state index contributed by atoms with van der Waals surface area (Å²) in [7, 11) is 0. The minimum absolute atomic E-state index is 0.0206. The van der Waals surface area contributed by atoms with Gasteiger partial charge in [-0.25, -0.2) is 0 Å². The number of Topliss-reactive ketones (excluding diaryl/α,β-unsaturated/α-hetero) is 1. The van der Waals surface area contributed by atoms with Gasteiger partial charge in [0, 0.05) is 11.3 Å². The molecule has 6 nitrogen and oxygen atoms in total. The maximum atomic E-state index is 13.3. The molecule has 170 valence electrons. The second kappa shape index (κ2) is 9.24. The summed E-state index contributed by atoms with van der Waals surface area (Å²) in [5.41, 5.74) is 3.77. The molecule has 1 N–H and O–H groups in total. The van der Waals surface area contributed by atoms with E-state index in [2.05, 4.69) is 6.07 Å². The molecule has 0 aliphatic carbocycles. The third kappa shape index (κ3) is 3.93. The van der Waals surface area contributed by atoms with Crippen LogP contribution in [-0.2, 0) is 9.59 Å². The Balaban J connectivity index is 1.92. The van der Waals surface area contributed by atoms with Gasteiger partial charge < -0.3 is 9.84 Å². The predicted octanol–water partition coefficient (Wildman–Crippen LogP) is 5.20. The maximum absolute atomic E-state index is 13.3. The first kappa shape index (κ1) is 22.8. The van der Waals surface area contributed by atoms with Crippen molar-refractivity contribution in [3.05, 3.63) is 100 Å². The van der Waals surface area contributed by atoms with Crippen molar-refractivity contribution in [3.63, 3.8) is 0 Å². The Morgan fingerprint density at radius 1 is 1.03 bits per heavy atom. The number of carbonyl (C=O) groups excluding carboxylic acids is 2. The summed E-state index contributed by atoms with van der Waals surface area (Å²) in [5.74, 6) is -1.05. The molecule has 4 rings (SSSR count). The Bertz CT molecular complexity index is 1350. The zero-order valence-electron chi connectivity index (χ0n) is 19.2. The summed E-state index contributed by atoms with van der Waals surface area (Å²) >= 11 is 0. The lowest BCUT2D eigenvalue weighted by molar-refractivity contribution is -0.132. The number of hydrogen-bond donors (Lipinski definition) is 1. The van der Waals surface area contributed by atoms with Crippen molar-refractivity contribution in [3.8, 4) is 11.8 Å². The molecule has 1 aliphatic rings. The summed E-state index contributed by atoms with van der Waals surface area (Å²) in [6.07, 6.45) is 0. The van der Waals surface area contributed by atoms with Crippen LogP contribution in [0.2, 0.25) is 0 Å². The molecular weight excluding hydrogens is 428 g/mol. The van der Waals surface area contributed by atoms with Crippen LogP contribution in [-0.4, -0.2) is 23.4 Å². The normalized spacial score (nSPS) is 17.0. The van der Waals surface area contributed by atoms with Crippen LogP contribution in [0.3, 0.4) is 0 Å². The van der Waals surface area contributed by atoms with Crippen molar-refractivity contribution in [1.82, 2.24) is 0 Å². The lowest BCUT2D eigenvalue weighted by Crippen LogP contribution is -2.29. The highest BCUT2D eigenvalue weighted by Gasteiger charge is 2.47. The second-order valence-electron chi connectivity index (χ2n) is 8.10. The van der Waals surface area contributed by atoms with Gasteiger partial charge in [0.25, 0.3) is 11.7 Å². The number of anilines is 1. The van der Waals surface area contributed by atoms with Crippen LogP contribution in [0.1, 0.15) is 40.8 Å². The third-order valence-corrected chi connectivity index (χ3v) is 5.95. The van der Waals surface area contributed by atoms with E-state index in [9.17, 15) is 14.7 Å². The minimum Gasteiger partial charge on any atom is -0.507 e.